The van der Waals surface area contributed by atoms with Gasteiger partial charge in [0.15, 0.2) is 0 Å². The van der Waals surface area contributed by atoms with E-state index in [0.717, 1.165) is 31.2 Å². The summed E-state index contributed by atoms with van der Waals surface area (Å²) in [5.74, 6) is 0. The first kappa shape index (κ1) is 15.5. The van der Waals surface area contributed by atoms with Crippen LogP contribution in [0.25, 0.3) is 0 Å². The summed E-state index contributed by atoms with van der Waals surface area (Å²) in [4.78, 5) is 0.390. The number of nitrogens with two attached hydrogens (primary N) is 1. The highest BCUT2D eigenvalue weighted by Crippen LogP contribution is 2.35. The van der Waals surface area contributed by atoms with E-state index in [2.05, 4.69) is 0 Å². The molecule has 0 aliphatic heterocycles. The average molecular weight is 296 g/mol. The van der Waals surface area contributed by atoms with Crippen molar-refractivity contribution in [3.05, 3.63) is 29.8 Å². The highest BCUT2D eigenvalue weighted by atomic mass is 32.2. The molecular formula is C15H24N2O2S. The van der Waals surface area contributed by atoms with Crippen molar-refractivity contribution in [2.75, 3.05) is 13.6 Å². The van der Waals surface area contributed by atoms with Gasteiger partial charge >= 0.3 is 0 Å². The van der Waals surface area contributed by atoms with Crippen molar-refractivity contribution in [1.82, 2.24) is 4.31 Å². The van der Waals surface area contributed by atoms with Crippen LogP contribution in [0, 0.1) is 6.92 Å². The molecule has 20 heavy (non-hydrogen) atoms. The Morgan fingerprint density at radius 3 is 2.35 bits per heavy atom. The van der Waals surface area contributed by atoms with Gasteiger partial charge in [-0.05, 0) is 31.4 Å². The monoisotopic (exact) mass is 296 g/mol. The van der Waals surface area contributed by atoms with Gasteiger partial charge in [-0.2, -0.15) is 4.31 Å². The summed E-state index contributed by atoms with van der Waals surface area (Å²) < 4.78 is 27.3. The van der Waals surface area contributed by atoms with Gasteiger partial charge in [-0.3, -0.25) is 0 Å². The molecule has 0 radical (unpaired) electrons. The summed E-state index contributed by atoms with van der Waals surface area (Å²) in [5.41, 5.74) is 6.31. The predicted molar refractivity (Wildman–Crippen MR) is 81.0 cm³/mol. The second-order valence-electron chi connectivity index (χ2n) is 5.73. The van der Waals surface area contributed by atoms with E-state index in [1.165, 1.54) is 10.7 Å². The molecule has 1 aromatic carbocycles. The maximum absolute atomic E-state index is 12.9. The summed E-state index contributed by atoms with van der Waals surface area (Å²) in [6.07, 6.45) is 4.96. The average Bonchev–Trinajstić information content (AvgIpc) is 2.47. The highest BCUT2D eigenvalue weighted by molar-refractivity contribution is 7.89. The third-order valence-corrected chi connectivity index (χ3v) is 6.69. The third kappa shape index (κ3) is 2.62. The van der Waals surface area contributed by atoms with E-state index < -0.39 is 15.6 Å². The zero-order valence-corrected chi connectivity index (χ0v) is 13.1. The SMILES string of the molecule is Cc1ccccc1S(=O)(=O)N(C)C1(CN)CCCCC1. The maximum atomic E-state index is 12.9. The number of sulfonamides is 1. The largest absolute Gasteiger partial charge is 0.329 e. The maximum Gasteiger partial charge on any atom is 0.243 e. The van der Waals surface area contributed by atoms with Crippen molar-refractivity contribution < 1.29 is 8.42 Å². The van der Waals surface area contributed by atoms with Gasteiger partial charge in [0.2, 0.25) is 10.0 Å². The van der Waals surface area contributed by atoms with Crippen molar-refractivity contribution in [2.24, 2.45) is 5.73 Å². The molecule has 2 rings (SSSR count). The minimum atomic E-state index is -3.49. The Kier molecular flexibility index (Phi) is 4.52. The van der Waals surface area contributed by atoms with Crippen molar-refractivity contribution in [2.45, 2.75) is 49.5 Å². The predicted octanol–water partition coefficient (Wildman–Crippen LogP) is 2.28. The van der Waals surface area contributed by atoms with Crippen molar-refractivity contribution in [3.63, 3.8) is 0 Å². The first-order valence-electron chi connectivity index (χ1n) is 7.19. The lowest BCUT2D eigenvalue weighted by molar-refractivity contribution is 0.159. The van der Waals surface area contributed by atoms with Gasteiger partial charge in [0.1, 0.15) is 0 Å². The number of hydrogen-bond donors (Lipinski definition) is 1. The molecule has 1 saturated carbocycles. The molecule has 1 fully saturated rings. The standard InChI is InChI=1S/C15H24N2O2S/c1-13-8-4-5-9-14(13)20(18,19)17(2)15(12-16)10-6-3-7-11-15/h4-5,8-9H,3,6-7,10-12,16H2,1-2H3. The fraction of sp³-hybridized carbons (Fsp3) is 0.600. The molecule has 0 unspecified atom stereocenters. The molecule has 0 atom stereocenters. The molecule has 1 aliphatic rings. The number of benzene rings is 1. The van der Waals surface area contributed by atoms with Gasteiger partial charge in [0.25, 0.3) is 0 Å². The number of hydrogen-bond acceptors (Lipinski definition) is 3. The summed E-state index contributed by atoms with van der Waals surface area (Å²) in [7, 11) is -1.81. The minimum Gasteiger partial charge on any atom is -0.329 e. The van der Waals surface area contributed by atoms with Gasteiger partial charge in [-0.1, -0.05) is 37.5 Å². The van der Waals surface area contributed by atoms with Gasteiger partial charge in [-0.15, -0.1) is 0 Å². The topological polar surface area (TPSA) is 63.4 Å². The van der Waals surface area contributed by atoms with Crippen molar-refractivity contribution >= 4 is 10.0 Å². The lowest BCUT2D eigenvalue weighted by atomic mass is 9.82. The van der Waals surface area contributed by atoms with Gasteiger partial charge in [-0.25, -0.2) is 8.42 Å². The van der Waals surface area contributed by atoms with E-state index in [4.69, 9.17) is 5.73 Å². The molecule has 1 aromatic rings. The highest BCUT2D eigenvalue weighted by Gasteiger charge is 2.41. The summed E-state index contributed by atoms with van der Waals surface area (Å²) in [6, 6.07) is 7.13. The van der Waals surface area contributed by atoms with Crippen LogP contribution in [-0.4, -0.2) is 31.9 Å². The summed E-state index contributed by atoms with van der Waals surface area (Å²) >= 11 is 0. The van der Waals surface area contributed by atoms with E-state index in [1.807, 2.05) is 19.1 Å². The van der Waals surface area contributed by atoms with Crippen LogP contribution in [0.2, 0.25) is 0 Å². The van der Waals surface area contributed by atoms with Gasteiger partial charge < -0.3 is 5.73 Å². The zero-order chi connectivity index (χ0) is 14.8. The molecule has 0 amide bonds. The second kappa shape index (κ2) is 5.84. The number of nitrogens with zero attached hydrogens (tertiary/aromatic N) is 1. The van der Waals surface area contributed by atoms with Crippen LogP contribution in [0.4, 0.5) is 0 Å². The lowest BCUT2D eigenvalue weighted by Crippen LogP contribution is -2.55. The summed E-state index contributed by atoms with van der Waals surface area (Å²) in [6.45, 7) is 2.21. The molecular weight excluding hydrogens is 272 g/mol. The lowest BCUT2D eigenvalue weighted by Gasteiger charge is -2.43. The van der Waals surface area contributed by atoms with Crippen LogP contribution in [0.3, 0.4) is 0 Å². The number of aryl methyl sites for hydroxylation is 1. The smallest absolute Gasteiger partial charge is 0.243 e. The molecule has 0 heterocycles. The van der Waals surface area contributed by atoms with Crippen LogP contribution in [0.5, 0.6) is 0 Å². The Balaban J connectivity index is 2.40. The van der Waals surface area contributed by atoms with Crippen LogP contribution in [-0.2, 0) is 10.0 Å². The summed E-state index contributed by atoms with van der Waals surface area (Å²) in [5, 5.41) is 0. The van der Waals surface area contributed by atoms with E-state index in [-0.39, 0.29) is 0 Å². The first-order valence-corrected chi connectivity index (χ1v) is 8.63. The molecule has 0 bridgehead atoms. The fourth-order valence-corrected chi connectivity index (χ4v) is 4.89. The van der Waals surface area contributed by atoms with E-state index >= 15 is 0 Å². The Morgan fingerprint density at radius 2 is 1.80 bits per heavy atom. The quantitative estimate of drug-likeness (QED) is 0.927. The Bertz CT molecular complexity index is 563. The van der Waals surface area contributed by atoms with Gasteiger partial charge in [0, 0.05) is 19.1 Å². The zero-order valence-electron chi connectivity index (χ0n) is 12.3. The molecule has 1 aliphatic carbocycles. The van der Waals surface area contributed by atoms with E-state index in [9.17, 15) is 8.42 Å². The molecule has 0 aromatic heterocycles. The third-order valence-electron chi connectivity index (χ3n) is 4.56. The molecule has 4 nitrogen and oxygen atoms in total. The van der Waals surface area contributed by atoms with Crippen molar-refractivity contribution in [1.29, 1.82) is 0 Å². The van der Waals surface area contributed by atoms with Crippen LogP contribution >= 0.6 is 0 Å². The van der Waals surface area contributed by atoms with E-state index in [0.29, 0.717) is 11.4 Å². The molecule has 0 spiro atoms. The molecule has 112 valence electrons. The Hall–Kier alpha value is -0.910. The van der Waals surface area contributed by atoms with Crippen LogP contribution < -0.4 is 5.73 Å². The second-order valence-corrected chi connectivity index (χ2v) is 7.66. The van der Waals surface area contributed by atoms with Crippen LogP contribution in [0.15, 0.2) is 29.2 Å². The van der Waals surface area contributed by atoms with Crippen molar-refractivity contribution in [3.8, 4) is 0 Å². The van der Waals surface area contributed by atoms with Gasteiger partial charge in [0.05, 0.1) is 4.90 Å². The molecule has 5 heteroatoms. The Morgan fingerprint density at radius 1 is 1.20 bits per heavy atom. The minimum absolute atomic E-state index is 0.384. The Labute approximate surface area is 122 Å². The van der Waals surface area contributed by atoms with Crippen LogP contribution in [0.1, 0.15) is 37.7 Å². The first-order chi connectivity index (χ1) is 9.44. The van der Waals surface area contributed by atoms with E-state index in [1.54, 1.807) is 19.2 Å². The molecule has 0 saturated heterocycles. The number of likely N-dealkylation sites (N-methyl/N-ethyl adjacent to an activating group) is 1. The molecule has 2 N–H and O–H groups in total. The normalized spacial score (nSPS) is 19.2. The number of rotatable bonds is 4. The fourth-order valence-electron chi connectivity index (χ4n) is 3.11.